The normalized spacial score (nSPS) is 10.8. The molecule has 16 heavy (non-hydrogen) atoms. The lowest BCUT2D eigenvalue weighted by Crippen LogP contribution is -1.82. The summed E-state index contributed by atoms with van der Waals surface area (Å²) in [6, 6.07) is 7.50. The van der Waals surface area contributed by atoms with Gasteiger partial charge in [0.25, 0.3) is 0 Å². The Kier molecular flexibility index (Phi) is 2.08. The van der Waals surface area contributed by atoms with E-state index in [9.17, 15) is 0 Å². The predicted molar refractivity (Wildman–Crippen MR) is 61.0 cm³/mol. The summed E-state index contributed by atoms with van der Waals surface area (Å²) in [6.07, 6.45) is 4.16. The van der Waals surface area contributed by atoms with Crippen LogP contribution in [0, 0.1) is 6.20 Å². The van der Waals surface area contributed by atoms with Crippen molar-refractivity contribution in [1.29, 1.82) is 0 Å². The van der Waals surface area contributed by atoms with E-state index in [1.807, 2.05) is 24.3 Å². The molecular formula is C11H6ClN4. The number of aromatic nitrogens is 4. The van der Waals surface area contributed by atoms with E-state index < -0.39 is 0 Å². The SMILES string of the molecule is Clc1ccccc1-c1n[nH]c2n[c]cnc12. The smallest absolute Gasteiger partial charge is 0.175 e. The lowest BCUT2D eigenvalue weighted by Gasteiger charge is -1.99. The number of hydrogen-bond donors (Lipinski definition) is 1. The van der Waals surface area contributed by atoms with Crippen LogP contribution < -0.4 is 0 Å². The quantitative estimate of drug-likeness (QED) is 0.698. The molecule has 0 saturated carbocycles. The number of nitrogens with one attached hydrogen (secondary N) is 1. The minimum Gasteiger partial charge on any atom is -0.259 e. The molecule has 5 heteroatoms. The Hall–Kier alpha value is -1.94. The zero-order chi connectivity index (χ0) is 11.0. The van der Waals surface area contributed by atoms with Gasteiger partial charge in [0.05, 0.1) is 11.2 Å². The molecule has 3 rings (SSSR count). The van der Waals surface area contributed by atoms with E-state index in [1.54, 1.807) is 0 Å². The maximum absolute atomic E-state index is 6.11. The lowest BCUT2D eigenvalue weighted by molar-refractivity contribution is 1.10. The summed E-state index contributed by atoms with van der Waals surface area (Å²) in [5.74, 6) is 0. The van der Waals surface area contributed by atoms with Crippen LogP contribution >= 0.6 is 11.6 Å². The molecule has 2 heterocycles. The predicted octanol–water partition coefficient (Wildman–Crippen LogP) is 2.47. The van der Waals surface area contributed by atoms with Gasteiger partial charge in [0, 0.05) is 5.56 Å². The topological polar surface area (TPSA) is 54.5 Å². The molecule has 77 valence electrons. The minimum atomic E-state index is 0.609. The van der Waals surface area contributed by atoms with Crippen LogP contribution in [0.25, 0.3) is 22.4 Å². The summed E-state index contributed by atoms with van der Waals surface area (Å²) < 4.78 is 0. The molecule has 0 bridgehead atoms. The molecule has 1 N–H and O–H groups in total. The van der Waals surface area contributed by atoms with E-state index in [-0.39, 0.29) is 0 Å². The van der Waals surface area contributed by atoms with E-state index in [0.29, 0.717) is 21.9 Å². The number of hydrogen-bond acceptors (Lipinski definition) is 3. The van der Waals surface area contributed by atoms with E-state index in [4.69, 9.17) is 11.6 Å². The zero-order valence-corrected chi connectivity index (χ0v) is 8.86. The van der Waals surface area contributed by atoms with Gasteiger partial charge in [-0.3, -0.25) is 5.10 Å². The number of benzene rings is 1. The highest BCUT2D eigenvalue weighted by molar-refractivity contribution is 6.33. The molecule has 0 aliphatic carbocycles. The maximum Gasteiger partial charge on any atom is 0.175 e. The van der Waals surface area contributed by atoms with Crippen LogP contribution in [0.15, 0.2) is 30.5 Å². The Morgan fingerprint density at radius 3 is 3.00 bits per heavy atom. The third-order valence-electron chi connectivity index (χ3n) is 2.28. The number of aromatic amines is 1. The van der Waals surface area contributed by atoms with Crippen molar-refractivity contribution in [2.24, 2.45) is 0 Å². The Bertz CT molecular complexity index is 647. The van der Waals surface area contributed by atoms with Crippen LogP contribution in [0.1, 0.15) is 0 Å². The van der Waals surface area contributed by atoms with Crippen molar-refractivity contribution in [3.8, 4) is 11.3 Å². The van der Waals surface area contributed by atoms with Crippen LogP contribution in [-0.4, -0.2) is 20.2 Å². The fourth-order valence-electron chi connectivity index (χ4n) is 1.56. The van der Waals surface area contributed by atoms with Crippen molar-refractivity contribution in [2.45, 2.75) is 0 Å². The second kappa shape index (κ2) is 3.57. The summed E-state index contributed by atoms with van der Waals surface area (Å²) in [5.41, 5.74) is 2.86. The Morgan fingerprint density at radius 2 is 2.12 bits per heavy atom. The molecule has 1 radical (unpaired) electrons. The summed E-state index contributed by atoms with van der Waals surface area (Å²) in [6.45, 7) is 0. The Balaban J connectivity index is 2.31. The highest BCUT2D eigenvalue weighted by Crippen LogP contribution is 2.29. The molecule has 0 fully saturated rings. The zero-order valence-electron chi connectivity index (χ0n) is 8.11. The average molecular weight is 230 g/mol. The molecule has 1 aromatic carbocycles. The third-order valence-corrected chi connectivity index (χ3v) is 2.61. The van der Waals surface area contributed by atoms with Gasteiger partial charge in [0.2, 0.25) is 0 Å². The first kappa shape index (κ1) is 9.30. The summed E-state index contributed by atoms with van der Waals surface area (Å²) >= 11 is 6.11. The summed E-state index contributed by atoms with van der Waals surface area (Å²) in [4.78, 5) is 8.20. The molecule has 0 aliphatic rings. The van der Waals surface area contributed by atoms with Crippen molar-refractivity contribution in [3.05, 3.63) is 41.7 Å². The highest BCUT2D eigenvalue weighted by Gasteiger charge is 2.11. The fraction of sp³-hybridized carbons (Fsp3) is 0. The molecular weight excluding hydrogens is 224 g/mol. The van der Waals surface area contributed by atoms with Crippen LogP contribution in [0.3, 0.4) is 0 Å². The molecule has 0 saturated heterocycles. The molecule has 0 unspecified atom stereocenters. The van der Waals surface area contributed by atoms with Crippen LogP contribution in [-0.2, 0) is 0 Å². The molecule has 2 aromatic heterocycles. The first-order valence-corrected chi connectivity index (χ1v) is 5.06. The second-order valence-electron chi connectivity index (χ2n) is 3.25. The van der Waals surface area contributed by atoms with Gasteiger partial charge >= 0.3 is 0 Å². The van der Waals surface area contributed by atoms with Gasteiger partial charge in [0.1, 0.15) is 17.4 Å². The van der Waals surface area contributed by atoms with Gasteiger partial charge in [-0.1, -0.05) is 29.8 Å². The largest absolute Gasteiger partial charge is 0.259 e. The van der Waals surface area contributed by atoms with Gasteiger partial charge in [-0.25, -0.2) is 9.97 Å². The minimum absolute atomic E-state index is 0.609. The van der Waals surface area contributed by atoms with E-state index in [1.165, 1.54) is 6.20 Å². The van der Waals surface area contributed by atoms with Crippen molar-refractivity contribution in [1.82, 2.24) is 20.2 Å². The van der Waals surface area contributed by atoms with Crippen molar-refractivity contribution in [3.63, 3.8) is 0 Å². The maximum atomic E-state index is 6.11. The summed E-state index contributed by atoms with van der Waals surface area (Å²) in [5, 5.41) is 7.62. The molecule has 4 nitrogen and oxygen atoms in total. The van der Waals surface area contributed by atoms with Crippen molar-refractivity contribution >= 4 is 22.8 Å². The number of halogens is 1. The molecule has 0 atom stereocenters. The van der Waals surface area contributed by atoms with Gasteiger partial charge in [-0.05, 0) is 6.07 Å². The van der Waals surface area contributed by atoms with E-state index >= 15 is 0 Å². The lowest BCUT2D eigenvalue weighted by atomic mass is 10.1. The van der Waals surface area contributed by atoms with Crippen LogP contribution in [0.5, 0.6) is 0 Å². The first-order valence-electron chi connectivity index (χ1n) is 4.68. The molecule has 0 aliphatic heterocycles. The monoisotopic (exact) mass is 229 g/mol. The van der Waals surface area contributed by atoms with Gasteiger partial charge in [0.15, 0.2) is 5.65 Å². The number of fused-ring (bicyclic) bond motifs is 1. The number of nitrogens with zero attached hydrogens (tertiary/aromatic N) is 3. The van der Waals surface area contributed by atoms with Crippen LogP contribution in [0.2, 0.25) is 5.02 Å². The Labute approximate surface area is 96.3 Å². The first-order chi connectivity index (χ1) is 7.86. The molecule has 3 aromatic rings. The van der Waals surface area contributed by atoms with Crippen molar-refractivity contribution in [2.75, 3.05) is 0 Å². The fourth-order valence-corrected chi connectivity index (χ4v) is 1.78. The average Bonchev–Trinajstić information content (AvgIpc) is 2.74. The van der Waals surface area contributed by atoms with Crippen molar-refractivity contribution < 1.29 is 0 Å². The number of H-pyrrole nitrogens is 1. The van der Waals surface area contributed by atoms with Gasteiger partial charge in [-0.15, -0.1) is 0 Å². The third kappa shape index (κ3) is 1.35. The summed E-state index contributed by atoms with van der Waals surface area (Å²) in [7, 11) is 0. The van der Waals surface area contributed by atoms with Gasteiger partial charge < -0.3 is 0 Å². The second-order valence-corrected chi connectivity index (χ2v) is 3.66. The van der Waals surface area contributed by atoms with E-state index in [2.05, 4.69) is 26.4 Å². The van der Waals surface area contributed by atoms with Crippen LogP contribution in [0.4, 0.5) is 0 Å². The molecule has 0 spiro atoms. The number of rotatable bonds is 1. The molecule has 0 amide bonds. The Morgan fingerprint density at radius 1 is 1.25 bits per heavy atom. The van der Waals surface area contributed by atoms with E-state index in [0.717, 1.165) is 5.56 Å². The standard InChI is InChI=1S/C11H6ClN4/c12-8-4-2-1-3-7(8)9-10-11(16-15-9)14-6-5-13-10/h1-5H,(H,14,15,16). The van der Waals surface area contributed by atoms with Gasteiger partial charge in [-0.2, -0.15) is 5.10 Å². The highest BCUT2D eigenvalue weighted by atomic mass is 35.5.